The van der Waals surface area contributed by atoms with Gasteiger partial charge in [-0.1, -0.05) is 69.1 Å². The Morgan fingerprint density at radius 2 is 1.91 bits per heavy atom. The Hall–Kier alpha value is -2.59. The number of nitrogens with zero attached hydrogens (tertiary/aromatic N) is 1. The highest BCUT2D eigenvalue weighted by molar-refractivity contribution is 8.26. The van der Waals surface area contributed by atoms with E-state index in [1.54, 1.807) is 24.3 Å². The summed E-state index contributed by atoms with van der Waals surface area (Å²) in [4.78, 5) is 36.8. The predicted molar refractivity (Wildman–Crippen MR) is 132 cm³/mol. The Morgan fingerprint density at radius 1 is 1.21 bits per heavy atom. The van der Waals surface area contributed by atoms with Gasteiger partial charge in [-0.2, -0.15) is 0 Å². The summed E-state index contributed by atoms with van der Waals surface area (Å²) < 4.78 is 11.3. The molecule has 2 rings (SSSR count). The summed E-state index contributed by atoms with van der Waals surface area (Å²) >= 11 is 6.16. The van der Waals surface area contributed by atoms with E-state index in [2.05, 4.69) is 6.92 Å². The summed E-state index contributed by atoms with van der Waals surface area (Å²) in [7, 11) is 1.54. The van der Waals surface area contributed by atoms with Crippen molar-refractivity contribution in [2.75, 3.05) is 13.7 Å². The fraction of sp³-hybridized carbons (Fsp3) is 0.478. The molecule has 0 radical (unpaired) electrons. The summed E-state index contributed by atoms with van der Waals surface area (Å²) in [6.45, 7) is 2.79. The molecule has 1 fully saturated rings. The molecule has 1 heterocycles. The van der Waals surface area contributed by atoms with Crippen molar-refractivity contribution in [3.8, 4) is 11.5 Å². The smallest absolute Gasteiger partial charge is 0.327 e. The summed E-state index contributed by atoms with van der Waals surface area (Å²) in [5.74, 6) is -1.62. The molecule has 33 heavy (non-hydrogen) atoms. The predicted octanol–water partition coefficient (Wildman–Crippen LogP) is 3.96. The maximum absolute atomic E-state index is 12.8. The summed E-state index contributed by atoms with van der Waals surface area (Å²) in [6.07, 6.45) is 8.09. The lowest BCUT2D eigenvalue weighted by molar-refractivity contribution is -0.146. The van der Waals surface area contributed by atoms with Crippen molar-refractivity contribution in [1.29, 1.82) is 0 Å². The molecule has 1 aliphatic rings. The Bertz CT molecular complexity index is 918. The Morgan fingerprint density at radius 3 is 2.55 bits per heavy atom. The van der Waals surface area contributed by atoms with E-state index in [-0.39, 0.29) is 9.23 Å². The number of thiocarbonyl (C=S) groups is 1. The number of nitrogens with two attached hydrogens (primary N) is 1. The molecular formula is C23H30N2O6S2. The molecular weight excluding hydrogens is 464 g/mol. The first-order chi connectivity index (χ1) is 15.8. The van der Waals surface area contributed by atoms with Crippen LogP contribution >= 0.6 is 24.0 Å². The van der Waals surface area contributed by atoms with Gasteiger partial charge < -0.3 is 20.3 Å². The molecule has 1 saturated heterocycles. The molecule has 1 unspecified atom stereocenters. The van der Waals surface area contributed by atoms with Crippen molar-refractivity contribution >= 4 is 52.2 Å². The molecule has 3 N–H and O–H groups in total. The highest BCUT2D eigenvalue weighted by atomic mass is 32.2. The second-order valence-corrected chi connectivity index (χ2v) is 9.28. The van der Waals surface area contributed by atoms with Crippen LogP contribution in [-0.2, 0) is 14.4 Å². The number of hydrogen-bond acceptors (Lipinski definition) is 7. The zero-order valence-corrected chi connectivity index (χ0v) is 20.5. The normalized spacial score (nSPS) is 15.7. The average molecular weight is 495 g/mol. The lowest BCUT2D eigenvalue weighted by Crippen LogP contribution is -2.46. The van der Waals surface area contributed by atoms with Crippen LogP contribution in [0.1, 0.15) is 57.4 Å². The lowest BCUT2D eigenvalue weighted by Gasteiger charge is -2.21. The number of methoxy groups -OCH3 is 1. The van der Waals surface area contributed by atoms with Crippen molar-refractivity contribution in [1.82, 2.24) is 4.90 Å². The fourth-order valence-electron chi connectivity index (χ4n) is 3.34. The molecule has 180 valence electrons. The van der Waals surface area contributed by atoms with Crippen LogP contribution in [0.15, 0.2) is 23.1 Å². The minimum atomic E-state index is -1.44. The third-order valence-corrected chi connectivity index (χ3v) is 6.39. The molecule has 1 atom stereocenters. The minimum absolute atomic E-state index is 0.0609. The van der Waals surface area contributed by atoms with Gasteiger partial charge in [0.05, 0.1) is 25.0 Å². The number of unbranched alkanes of at least 4 members (excludes halogenated alkanes) is 5. The van der Waals surface area contributed by atoms with Crippen LogP contribution in [0.5, 0.6) is 11.5 Å². The van der Waals surface area contributed by atoms with Gasteiger partial charge in [-0.25, -0.2) is 4.79 Å². The number of rotatable bonds is 14. The molecule has 8 nitrogen and oxygen atoms in total. The largest absolute Gasteiger partial charge is 0.493 e. The van der Waals surface area contributed by atoms with Gasteiger partial charge in [0.1, 0.15) is 10.4 Å². The highest BCUT2D eigenvalue weighted by Crippen LogP contribution is 2.36. The maximum Gasteiger partial charge on any atom is 0.327 e. The molecule has 2 amide bonds. The first kappa shape index (κ1) is 26.7. The van der Waals surface area contributed by atoms with Gasteiger partial charge in [0, 0.05) is 0 Å². The third-order valence-electron chi connectivity index (χ3n) is 5.06. The third kappa shape index (κ3) is 7.75. The number of benzene rings is 1. The highest BCUT2D eigenvalue weighted by Gasteiger charge is 2.41. The van der Waals surface area contributed by atoms with E-state index in [0.717, 1.165) is 29.5 Å². The number of carbonyl (C=O) groups is 3. The lowest BCUT2D eigenvalue weighted by atomic mass is 10.1. The fourth-order valence-corrected chi connectivity index (χ4v) is 4.69. The molecule has 0 saturated carbocycles. The van der Waals surface area contributed by atoms with Crippen LogP contribution < -0.4 is 15.2 Å². The maximum atomic E-state index is 12.8. The van der Waals surface area contributed by atoms with E-state index in [4.69, 9.17) is 27.4 Å². The number of carboxylic acid groups (broad SMARTS) is 1. The molecule has 1 aliphatic heterocycles. The van der Waals surface area contributed by atoms with Crippen LogP contribution in [-0.4, -0.2) is 51.9 Å². The Kier molecular flexibility index (Phi) is 10.7. The van der Waals surface area contributed by atoms with E-state index >= 15 is 0 Å². The van der Waals surface area contributed by atoms with Gasteiger partial charge in [-0.15, -0.1) is 0 Å². The van der Waals surface area contributed by atoms with Crippen molar-refractivity contribution in [3.63, 3.8) is 0 Å². The number of hydrogen-bond donors (Lipinski definition) is 2. The Labute approximate surface area is 203 Å². The van der Waals surface area contributed by atoms with Crippen molar-refractivity contribution in [3.05, 3.63) is 28.7 Å². The molecule has 0 aliphatic carbocycles. The number of primary amides is 1. The summed E-state index contributed by atoms with van der Waals surface area (Å²) in [5.41, 5.74) is 5.80. The zero-order valence-electron chi connectivity index (χ0n) is 18.9. The number of thioether (sulfide) groups is 1. The molecule has 0 spiro atoms. The van der Waals surface area contributed by atoms with Crippen molar-refractivity contribution in [2.45, 2.75) is 57.9 Å². The zero-order chi connectivity index (χ0) is 24.4. The number of carboxylic acids is 1. The molecule has 0 bridgehead atoms. The van der Waals surface area contributed by atoms with E-state index < -0.39 is 30.2 Å². The van der Waals surface area contributed by atoms with Crippen LogP contribution in [0.4, 0.5) is 0 Å². The van der Waals surface area contributed by atoms with Gasteiger partial charge in [-0.3, -0.25) is 14.5 Å². The van der Waals surface area contributed by atoms with E-state index in [1.165, 1.54) is 32.8 Å². The monoisotopic (exact) mass is 494 g/mol. The Balaban J connectivity index is 2.07. The molecule has 1 aromatic carbocycles. The second-order valence-electron chi connectivity index (χ2n) is 7.60. The van der Waals surface area contributed by atoms with Gasteiger partial charge in [0.15, 0.2) is 11.5 Å². The van der Waals surface area contributed by atoms with Gasteiger partial charge in [0.25, 0.3) is 5.91 Å². The number of carbonyl (C=O) groups excluding carboxylic acids is 2. The summed E-state index contributed by atoms with van der Waals surface area (Å²) in [5, 5.41) is 9.42. The van der Waals surface area contributed by atoms with E-state index in [0.29, 0.717) is 23.7 Å². The van der Waals surface area contributed by atoms with Gasteiger partial charge >= 0.3 is 5.97 Å². The first-order valence-corrected chi connectivity index (χ1v) is 12.1. The van der Waals surface area contributed by atoms with Crippen LogP contribution in [0.2, 0.25) is 0 Å². The number of ether oxygens (including phenoxy) is 2. The SMILES string of the molecule is CCCCCCCCOc1ccc(/C=C2\SC(=S)N(C(CC(N)=O)C(=O)O)C2=O)cc1OC. The van der Waals surface area contributed by atoms with E-state index in [9.17, 15) is 19.5 Å². The van der Waals surface area contributed by atoms with Gasteiger partial charge in [0.2, 0.25) is 5.91 Å². The van der Waals surface area contributed by atoms with Crippen LogP contribution in [0.3, 0.4) is 0 Å². The van der Waals surface area contributed by atoms with Crippen LogP contribution in [0, 0.1) is 0 Å². The molecule has 1 aromatic rings. The summed E-state index contributed by atoms with van der Waals surface area (Å²) in [6, 6.07) is 3.86. The van der Waals surface area contributed by atoms with Gasteiger partial charge in [-0.05, 0) is 30.2 Å². The number of aliphatic carboxylic acids is 1. The quantitative estimate of drug-likeness (QED) is 0.227. The average Bonchev–Trinajstić information content (AvgIpc) is 3.04. The second kappa shape index (κ2) is 13.2. The first-order valence-electron chi connectivity index (χ1n) is 10.9. The topological polar surface area (TPSA) is 119 Å². The standard InChI is InChI=1S/C23H30N2O6S2/c1-3-4-5-6-7-8-11-31-17-10-9-15(12-18(17)30-2)13-19-21(27)25(23(32)33-19)16(22(28)29)14-20(24)26/h9-10,12-13,16H,3-8,11,14H2,1-2H3,(H2,24,26)(H,28,29)/b19-13-. The van der Waals surface area contributed by atoms with E-state index in [1.807, 2.05) is 0 Å². The number of amides is 2. The van der Waals surface area contributed by atoms with Crippen molar-refractivity contribution in [2.24, 2.45) is 5.73 Å². The van der Waals surface area contributed by atoms with Crippen LogP contribution in [0.25, 0.3) is 6.08 Å². The van der Waals surface area contributed by atoms with Crippen molar-refractivity contribution < 1.29 is 29.0 Å². The molecule has 0 aromatic heterocycles. The minimum Gasteiger partial charge on any atom is -0.493 e. The molecule has 10 heteroatoms.